The highest BCUT2D eigenvalue weighted by Gasteiger charge is 2.47. The molecule has 23 heavy (non-hydrogen) atoms. The van der Waals surface area contributed by atoms with Crippen LogP contribution in [-0.2, 0) is 0 Å². The molecule has 130 valence electrons. The van der Waals surface area contributed by atoms with Crippen molar-refractivity contribution in [2.75, 3.05) is 39.3 Å². The molecule has 2 saturated carbocycles. The first-order valence-corrected chi connectivity index (χ1v) is 10.4. The van der Waals surface area contributed by atoms with Gasteiger partial charge in [0.05, 0.1) is 0 Å². The number of piperidine rings is 1. The molecule has 4 unspecified atom stereocenters. The molecule has 0 bridgehead atoms. The Balaban J connectivity index is 1.15. The van der Waals surface area contributed by atoms with E-state index in [9.17, 15) is 0 Å². The highest BCUT2D eigenvalue weighted by atomic mass is 15.2. The summed E-state index contributed by atoms with van der Waals surface area (Å²) in [5.41, 5.74) is 0. The molecular formula is C20H35N3. The van der Waals surface area contributed by atoms with Gasteiger partial charge < -0.3 is 10.2 Å². The molecule has 4 atom stereocenters. The van der Waals surface area contributed by atoms with Crippen LogP contribution in [0.15, 0.2) is 0 Å². The van der Waals surface area contributed by atoms with Crippen molar-refractivity contribution in [2.45, 2.75) is 57.5 Å². The van der Waals surface area contributed by atoms with Crippen LogP contribution in [0.3, 0.4) is 0 Å². The zero-order valence-corrected chi connectivity index (χ0v) is 14.9. The molecule has 0 aromatic rings. The second-order valence-corrected chi connectivity index (χ2v) is 9.62. The molecule has 3 nitrogen and oxygen atoms in total. The summed E-state index contributed by atoms with van der Waals surface area (Å²) in [7, 11) is 0. The normalized spacial score (nSPS) is 48.9. The Morgan fingerprint density at radius 1 is 0.696 bits per heavy atom. The van der Waals surface area contributed by atoms with Gasteiger partial charge in [-0.1, -0.05) is 6.92 Å². The Kier molecular flexibility index (Phi) is 3.95. The van der Waals surface area contributed by atoms with E-state index in [2.05, 4.69) is 22.0 Å². The SMILES string of the molecule is CC1CCN(C2CC3CN(C4CC5CNCC5C4)CC3C2)CC1. The average Bonchev–Trinajstić information content (AvgIpc) is 3.25. The zero-order valence-electron chi connectivity index (χ0n) is 14.9. The lowest BCUT2D eigenvalue weighted by atomic mass is 9.97. The maximum absolute atomic E-state index is 3.60. The predicted octanol–water partition coefficient (Wildman–Crippen LogP) is 2.43. The summed E-state index contributed by atoms with van der Waals surface area (Å²) < 4.78 is 0. The van der Waals surface area contributed by atoms with E-state index in [1.54, 1.807) is 0 Å². The number of hydrogen-bond acceptors (Lipinski definition) is 3. The minimum Gasteiger partial charge on any atom is -0.316 e. The van der Waals surface area contributed by atoms with Crippen molar-refractivity contribution >= 4 is 0 Å². The van der Waals surface area contributed by atoms with E-state index in [0.717, 1.165) is 41.7 Å². The van der Waals surface area contributed by atoms with Crippen LogP contribution in [0.1, 0.15) is 45.4 Å². The van der Waals surface area contributed by atoms with E-state index < -0.39 is 0 Å². The summed E-state index contributed by atoms with van der Waals surface area (Å²) in [6.45, 7) is 10.7. The van der Waals surface area contributed by atoms with E-state index in [1.165, 1.54) is 77.8 Å². The van der Waals surface area contributed by atoms with Gasteiger partial charge in [-0.25, -0.2) is 0 Å². The lowest BCUT2D eigenvalue weighted by molar-refractivity contribution is 0.126. The second kappa shape index (κ2) is 6.00. The van der Waals surface area contributed by atoms with E-state index in [-0.39, 0.29) is 0 Å². The smallest absolute Gasteiger partial charge is 0.0102 e. The number of nitrogens with zero attached hydrogens (tertiary/aromatic N) is 2. The number of likely N-dealkylation sites (tertiary alicyclic amines) is 2. The molecule has 0 radical (unpaired) electrons. The Labute approximate surface area is 142 Å². The average molecular weight is 318 g/mol. The largest absolute Gasteiger partial charge is 0.316 e. The lowest BCUT2D eigenvalue weighted by Crippen LogP contribution is -2.41. The summed E-state index contributed by atoms with van der Waals surface area (Å²) in [4.78, 5) is 5.77. The van der Waals surface area contributed by atoms with Gasteiger partial charge in [0.2, 0.25) is 0 Å². The highest BCUT2D eigenvalue weighted by molar-refractivity contribution is 5.01. The predicted molar refractivity (Wildman–Crippen MR) is 94.4 cm³/mol. The maximum atomic E-state index is 3.60. The van der Waals surface area contributed by atoms with Crippen LogP contribution in [0.4, 0.5) is 0 Å². The fourth-order valence-electron chi connectivity index (χ4n) is 6.73. The molecule has 3 aliphatic heterocycles. The van der Waals surface area contributed by atoms with Crippen molar-refractivity contribution in [2.24, 2.45) is 29.6 Å². The fraction of sp³-hybridized carbons (Fsp3) is 1.00. The Morgan fingerprint density at radius 2 is 1.22 bits per heavy atom. The molecule has 3 saturated heterocycles. The highest BCUT2D eigenvalue weighted by Crippen LogP contribution is 2.45. The summed E-state index contributed by atoms with van der Waals surface area (Å²) in [6.07, 6.45) is 8.89. The summed E-state index contributed by atoms with van der Waals surface area (Å²) >= 11 is 0. The van der Waals surface area contributed by atoms with Crippen LogP contribution < -0.4 is 5.32 Å². The first-order valence-electron chi connectivity index (χ1n) is 10.4. The maximum Gasteiger partial charge on any atom is 0.0102 e. The van der Waals surface area contributed by atoms with Gasteiger partial charge in [-0.05, 0) is 94.3 Å². The Morgan fingerprint density at radius 3 is 1.83 bits per heavy atom. The monoisotopic (exact) mass is 317 g/mol. The molecule has 0 aromatic carbocycles. The molecule has 0 spiro atoms. The fourth-order valence-corrected chi connectivity index (χ4v) is 6.73. The molecule has 0 aromatic heterocycles. The van der Waals surface area contributed by atoms with Gasteiger partial charge in [0.25, 0.3) is 0 Å². The van der Waals surface area contributed by atoms with Crippen LogP contribution in [-0.4, -0.2) is 61.2 Å². The number of rotatable bonds is 2. The minimum atomic E-state index is 0.937. The van der Waals surface area contributed by atoms with Crippen LogP contribution >= 0.6 is 0 Å². The van der Waals surface area contributed by atoms with Crippen molar-refractivity contribution < 1.29 is 0 Å². The van der Waals surface area contributed by atoms with E-state index >= 15 is 0 Å². The summed E-state index contributed by atoms with van der Waals surface area (Å²) in [5.74, 6) is 5.03. The second-order valence-electron chi connectivity index (χ2n) is 9.62. The van der Waals surface area contributed by atoms with Crippen LogP contribution in [0.2, 0.25) is 0 Å². The summed E-state index contributed by atoms with van der Waals surface area (Å²) in [6, 6.07) is 1.87. The number of nitrogens with one attached hydrogen (secondary N) is 1. The third kappa shape index (κ3) is 2.77. The summed E-state index contributed by atoms with van der Waals surface area (Å²) in [5, 5.41) is 3.60. The van der Waals surface area contributed by atoms with E-state index in [4.69, 9.17) is 0 Å². The number of fused-ring (bicyclic) bond motifs is 2. The third-order valence-electron chi connectivity index (χ3n) is 8.23. The molecule has 5 fully saturated rings. The van der Waals surface area contributed by atoms with Gasteiger partial charge in [-0.2, -0.15) is 0 Å². The third-order valence-corrected chi connectivity index (χ3v) is 8.23. The zero-order chi connectivity index (χ0) is 15.4. The van der Waals surface area contributed by atoms with Crippen molar-refractivity contribution in [1.82, 2.24) is 15.1 Å². The molecule has 0 amide bonds. The first kappa shape index (κ1) is 15.2. The Hall–Kier alpha value is -0.120. The Bertz CT molecular complexity index is 405. The van der Waals surface area contributed by atoms with Gasteiger partial charge in [-0.15, -0.1) is 0 Å². The topological polar surface area (TPSA) is 18.5 Å². The van der Waals surface area contributed by atoms with Gasteiger partial charge in [0.1, 0.15) is 0 Å². The minimum absolute atomic E-state index is 0.937. The van der Waals surface area contributed by atoms with Crippen LogP contribution in [0, 0.1) is 29.6 Å². The molecular weight excluding hydrogens is 282 g/mol. The van der Waals surface area contributed by atoms with Gasteiger partial charge in [0.15, 0.2) is 0 Å². The van der Waals surface area contributed by atoms with E-state index in [1.807, 2.05) is 0 Å². The molecule has 3 heterocycles. The first-order chi connectivity index (χ1) is 11.3. The van der Waals surface area contributed by atoms with Crippen molar-refractivity contribution in [1.29, 1.82) is 0 Å². The van der Waals surface area contributed by atoms with Gasteiger partial charge >= 0.3 is 0 Å². The van der Waals surface area contributed by atoms with Gasteiger partial charge in [0, 0.05) is 25.2 Å². The lowest BCUT2D eigenvalue weighted by Gasteiger charge is -2.36. The molecule has 3 heteroatoms. The molecule has 5 rings (SSSR count). The van der Waals surface area contributed by atoms with Gasteiger partial charge in [-0.3, -0.25) is 4.90 Å². The van der Waals surface area contributed by atoms with Crippen molar-refractivity contribution in [3.05, 3.63) is 0 Å². The molecule has 5 aliphatic rings. The standard InChI is InChI=1S/C20H35N3/c1-14-2-4-22(5-3-14)19-8-17-12-23(13-18(17)9-19)20-6-15-10-21-11-16(15)7-20/h14-21H,2-13H2,1H3. The van der Waals surface area contributed by atoms with Crippen molar-refractivity contribution in [3.8, 4) is 0 Å². The van der Waals surface area contributed by atoms with Crippen molar-refractivity contribution in [3.63, 3.8) is 0 Å². The molecule has 2 aliphatic carbocycles. The quantitative estimate of drug-likeness (QED) is 0.844. The van der Waals surface area contributed by atoms with Crippen LogP contribution in [0.25, 0.3) is 0 Å². The van der Waals surface area contributed by atoms with E-state index in [0.29, 0.717) is 0 Å². The van der Waals surface area contributed by atoms with Crippen LogP contribution in [0.5, 0.6) is 0 Å². The number of hydrogen-bond donors (Lipinski definition) is 1. The molecule has 1 N–H and O–H groups in total.